The molecule has 0 radical (unpaired) electrons. The van der Waals surface area contributed by atoms with Crippen molar-refractivity contribution in [3.05, 3.63) is 83.4 Å². The van der Waals surface area contributed by atoms with Crippen LogP contribution in [0.5, 0.6) is 0 Å². The molecule has 1 fully saturated rings. The molecule has 5 rings (SSSR count). The molecule has 1 aliphatic carbocycles. The number of anilines is 1. The van der Waals surface area contributed by atoms with E-state index in [4.69, 9.17) is 17.3 Å². The second kappa shape index (κ2) is 9.07. The van der Waals surface area contributed by atoms with E-state index in [0.29, 0.717) is 29.9 Å². The molecule has 0 amide bonds. The number of benzene rings is 2. The highest BCUT2D eigenvalue weighted by Crippen LogP contribution is 2.34. The van der Waals surface area contributed by atoms with Crippen LogP contribution in [0.1, 0.15) is 29.5 Å². The molecule has 2 aromatic heterocycles. The van der Waals surface area contributed by atoms with E-state index in [-0.39, 0.29) is 11.2 Å². The Morgan fingerprint density at radius 2 is 1.64 bits per heavy atom. The Kier molecular flexibility index (Phi) is 5.99. The zero-order valence-corrected chi connectivity index (χ0v) is 18.5. The molecule has 0 spiro atoms. The number of nitrogens with two attached hydrogens (primary N) is 1. The maximum absolute atomic E-state index is 10.5. The summed E-state index contributed by atoms with van der Waals surface area (Å²) in [5.41, 5.74) is 9.33. The van der Waals surface area contributed by atoms with Crippen LogP contribution in [0, 0.1) is 0 Å². The lowest BCUT2D eigenvalue weighted by atomic mass is 9.91. The van der Waals surface area contributed by atoms with Crippen LogP contribution in [0.3, 0.4) is 0 Å². The lowest BCUT2D eigenvalue weighted by Gasteiger charge is -2.20. The molecule has 4 aromatic rings. The summed E-state index contributed by atoms with van der Waals surface area (Å²) >= 11 is 6.26. The number of hydrogen-bond donors (Lipinski definition) is 4. The monoisotopic (exact) mass is 464 g/mol. The van der Waals surface area contributed by atoms with Crippen molar-refractivity contribution < 1.29 is 10.2 Å². The number of nitrogens with zero attached hydrogens (tertiary/aromatic N) is 4. The van der Waals surface area contributed by atoms with E-state index in [0.717, 1.165) is 0 Å². The van der Waals surface area contributed by atoms with Gasteiger partial charge in [-0.05, 0) is 29.1 Å². The Morgan fingerprint density at radius 1 is 1.00 bits per heavy atom. The molecule has 9 heteroatoms. The van der Waals surface area contributed by atoms with Gasteiger partial charge in [-0.25, -0.2) is 4.98 Å². The summed E-state index contributed by atoms with van der Waals surface area (Å²) in [4.78, 5) is 13.2. The number of imidazole rings is 1. The summed E-state index contributed by atoms with van der Waals surface area (Å²) in [5, 5.41) is 24.0. The SMILES string of the molecule is N[C@H]1CC(n2cnc3c(NCC(c4ccccc4)c4ccccc4)nc(Cl)nc32)[C@H](O)[C@@H]1O. The summed E-state index contributed by atoms with van der Waals surface area (Å²) in [6, 6.07) is 19.6. The maximum atomic E-state index is 10.5. The molecule has 1 aliphatic rings. The van der Waals surface area contributed by atoms with Crippen LogP contribution in [0.4, 0.5) is 5.82 Å². The Hall–Kier alpha value is -3.04. The molecule has 0 bridgehead atoms. The average Bonchev–Trinajstić information content (AvgIpc) is 3.36. The van der Waals surface area contributed by atoms with Crippen LogP contribution < -0.4 is 11.1 Å². The highest BCUT2D eigenvalue weighted by Gasteiger charge is 2.41. The van der Waals surface area contributed by atoms with Gasteiger partial charge < -0.3 is 25.8 Å². The normalized spacial score (nSPS) is 22.8. The summed E-state index contributed by atoms with van der Waals surface area (Å²) in [5.74, 6) is 0.598. The average molecular weight is 465 g/mol. The molecule has 2 aromatic carbocycles. The van der Waals surface area contributed by atoms with Crippen molar-refractivity contribution in [3.63, 3.8) is 0 Å². The first-order valence-corrected chi connectivity index (χ1v) is 11.3. The maximum Gasteiger partial charge on any atom is 0.226 e. The number of aliphatic hydroxyl groups is 2. The highest BCUT2D eigenvalue weighted by molar-refractivity contribution is 6.28. The Labute approximate surface area is 196 Å². The van der Waals surface area contributed by atoms with E-state index in [9.17, 15) is 10.2 Å². The lowest BCUT2D eigenvalue weighted by molar-refractivity contribution is 0.0187. The summed E-state index contributed by atoms with van der Waals surface area (Å²) in [6.07, 6.45) is -0.0175. The topological polar surface area (TPSA) is 122 Å². The van der Waals surface area contributed by atoms with Gasteiger partial charge in [0.05, 0.1) is 18.5 Å². The van der Waals surface area contributed by atoms with Gasteiger partial charge in [-0.15, -0.1) is 0 Å². The standard InChI is InChI=1S/C24H25ClN6O2/c25-24-29-22(19-23(30-24)31(13-28-19)18-11-17(26)20(32)21(18)33)27-12-16(14-7-3-1-4-8-14)15-9-5-2-6-10-15/h1-10,13,16-18,20-21,32-33H,11-12,26H2,(H,27,29,30)/t17-,18?,20+,21-/m0/s1. The summed E-state index contributed by atoms with van der Waals surface area (Å²) in [6.45, 7) is 0.568. The Bertz CT molecular complexity index is 1200. The smallest absolute Gasteiger partial charge is 0.226 e. The molecule has 4 atom stereocenters. The van der Waals surface area contributed by atoms with Crippen LogP contribution in [0.2, 0.25) is 5.28 Å². The predicted molar refractivity (Wildman–Crippen MR) is 127 cm³/mol. The molecular weight excluding hydrogens is 440 g/mol. The Morgan fingerprint density at radius 3 is 2.21 bits per heavy atom. The van der Waals surface area contributed by atoms with Crippen molar-refractivity contribution in [1.82, 2.24) is 19.5 Å². The predicted octanol–water partition coefficient (Wildman–Crippen LogP) is 2.72. The van der Waals surface area contributed by atoms with Gasteiger partial charge in [0.15, 0.2) is 17.0 Å². The molecule has 33 heavy (non-hydrogen) atoms. The molecule has 5 N–H and O–H groups in total. The summed E-state index contributed by atoms with van der Waals surface area (Å²) < 4.78 is 1.72. The molecular formula is C24H25ClN6O2. The van der Waals surface area contributed by atoms with Crippen molar-refractivity contribution in [1.29, 1.82) is 0 Å². The molecule has 0 aliphatic heterocycles. The zero-order chi connectivity index (χ0) is 22.9. The first-order valence-electron chi connectivity index (χ1n) is 10.9. The molecule has 2 heterocycles. The van der Waals surface area contributed by atoms with Crippen molar-refractivity contribution >= 4 is 28.6 Å². The first-order chi connectivity index (χ1) is 16.0. The zero-order valence-electron chi connectivity index (χ0n) is 17.8. The van der Waals surface area contributed by atoms with Gasteiger partial charge in [-0.2, -0.15) is 9.97 Å². The van der Waals surface area contributed by atoms with E-state index >= 15 is 0 Å². The van der Waals surface area contributed by atoms with E-state index in [1.807, 2.05) is 36.4 Å². The third-order valence-electron chi connectivity index (χ3n) is 6.33. The van der Waals surface area contributed by atoms with Crippen molar-refractivity contribution in [2.75, 3.05) is 11.9 Å². The van der Waals surface area contributed by atoms with Crippen LogP contribution >= 0.6 is 11.6 Å². The lowest BCUT2D eigenvalue weighted by Crippen LogP contribution is -2.35. The van der Waals surface area contributed by atoms with Crippen LogP contribution in [-0.4, -0.2) is 54.5 Å². The molecule has 170 valence electrons. The van der Waals surface area contributed by atoms with Crippen LogP contribution in [0.25, 0.3) is 11.2 Å². The second-order valence-corrected chi connectivity index (χ2v) is 8.71. The van der Waals surface area contributed by atoms with E-state index in [1.165, 1.54) is 11.1 Å². The van der Waals surface area contributed by atoms with E-state index in [1.54, 1.807) is 10.9 Å². The fourth-order valence-corrected chi connectivity index (χ4v) is 4.73. The van der Waals surface area contributed by atoms with Crippen molar-refractivity contribution in [2.24, 2.45) is 5.73 Å². The molecule has 1 saturated carbocycles. The fraction of sp³-hybridized carbons (Fsp3) is 0.292. The van der Waals surface area contributed by atoms with Gasteiger partial charge >= 0.3 is 0 Å². The minimum absolute atomic E-state index is 0.0695. The number of fused-ring (bicyclic) bond motifs is 1. The number of nitrogens with one attached hydrogen (secondary N) is 1. The van der Waals surface area contributed by atoms with Gasteiger partial charge in [0.2, 0.25) is 5.28 Å². The number of hydrogen-bond acceptors (Lipinski definition) is 7. The summed E-state index contributed by atoms with van der Waals surface area (Å²) in [7, 11) is 0. The quantitative estimate of drug-likeness (QED) is 0.323. The highest BCUT2D eigenvalue weighted by atomic mass is 35.5. The largest absolute Gasteiger partial charge is 0.389 e. The van der Waals surface area contributed by atoms with Gasteiger partial charge in [0.25, 0.3) is 0 Å². The number of aromatic nitrogens is 4. The molecule has 8 nitrogen and oxygen atoms in total. The van der Waals surface area contributed by atoms with Gasteiger partial charge in [0.1, 0.15) is 6.10 Å². The van der Waals surface area contributed by atoms with Crippen LogP contribution in [0.15, 0.2) is 67.0 Å². The third kappa shape index (κ3) is 4.18. The van der Waals surface area contributed by atoms with E-state index < -0.39 is 24.3 Å². The van der Waals surface area contributed by atoms with Crippen LogP contribution in [-0.2, 0) is 0 Å². The molecule has 0 saturated heterocycles. The minimum atomic E-state index is -1.01. The van der Waals surface area contributed by atoms with Gasteiger partial charge in [0, 0.05) is 18.5 Å². The fourth-order valence-electron chi connectivity index (χ4n) is 4.57. The number of rotatable bonds is 6. The van der Waals surface area contributed by atoms with Gasteiger partial charge in [-0.3, -0.25) is 0 Å². The van der Waals surface area contributed by atoms with Gasteiger partial charge in [-0.1, -0.05) is 60.7 Å². The number of aliphatic hydroxyl groups excluding tert-OH is 2. The second-order valence-electron chi connectivity index (χ2n) is 8.37. The first kappa shape index (κ1) is 21.8. The number of halogens is 1. The Balaban J connectivity index is 1.47. The van der Waals surface area contributed by atoms with Crippen molar-refractivity contribution in [3.8, 4) is 0 Å². The van der Waals surface area contributed by atoms with Crippen molar-refractivity contribution in [2.45, 2.75) is 36.6 Å². The molecule has 1 unspecified atom stereocenters. The van der Waals surface area contributed by atoms with E-state index in [2.05, 4.69) is 44.5 Å². The third-order valence-corrected chi connectivity index (χ3v) is 6.49. The minimum Gasteiger partial charge on any atom is -0.389 e.